The molecule has 0 aromatic heterocycles. The monoisotopic (exact) mass is 252 g/mol. The minimum absolute atomic E-state index is 0.142. The zero-order valence-corrected chi connectivity index (χ0v) is 11.0. The molecule has 0 saturated carbocycles. The topological polar surface area (TPSA) is 73.6 Å². The predicted octanol–water partition coefficient (Wildman–Crippen LogP) is 1.03. The van der Waals surface area contributed by atoms with Gasteiger partial charge in [-0.25, -0.2) is 0 Å². The second kappa shape index (κ2) is 6.86. The van der Waals surface area contributed by atoms with Gasteiger partial charge in [0.05, 0.1) is 14.2 Å². The number of rotatable bonds is 6. The van der Waals surface area contributed by atoms with Crippen LogP contribution in [-0.4, -0.2) is 33.2 Å². The highest BCUT2D eigenvalue weighted by Gasteiger charge is 2.11. The van der Waals surface area contributed by atoms with E-state index in [2.05, 4.69) is 5.32 Å². The summed E-state index contributed by atoms with van der Waals surface area (Å²) in [6, 6.07) is 5.06. The first-order chi connectivity index (χ1) is 8.62. The lowest BCUT2D eigenvalue weighted by Crippen LogP contribution is -2.31. The Morgan fingerprint density at radius 3 is 2.56 bits per heavy atom. The van der Waals surface area contributed by atoms with E-state index in [1.807, 2.05) is 6.92 Å². The third kappa shape index (κ3) is 3.63. The molecule has 18 heavy (non-hydrogen) atoms. The highest BCUT2D eigenvalue weighted by molar-refractivity contribution is 5.94. The number of carbonyl (C=O) groups is 1. The number of amides is 1. The Bertz CT molecular complexity index is 407. The lowest BCUT2D eigenvalue weighted by Gasteiger charge is -2.12. The molecule has 1 atom stereocenters. The Morgan fingerprint density at radius 1 is 1.33 bits per heavy atom. The largest absolute Gasteiger partial charge is 0.493 e. The predicted molar refractivity (Wildman–Crippen MR) is 70.1 cm³/mol. The van der Waals surface area contributed by atoms with E-state index in [-0.39, 0.29) is 11.8 Å². The summed E-state index contributed by atoms with van der Waals surface area (Å²) in [5, 5.41) is 2.82. The van der Waals surface area contributed by atoms with Crippen LogP contribution in [-0.2, 0) is 0 Å². The lowest BCUT2D eigenvalue weighted by atomic mass is 10.1. The third-order valence-corrected chi connectivity index (χ3v) is 2.66. The van der Waals surface area contributed by atoms with Gasteiger partial charge in [-0.1, -0.05) is 6.92 Å². The molecule has 5 heteroatoms. The Kier molecular flexibility index (Phi) is 5.45. The molecule has 1 aromatic rings. The van der Waals surface area contributed by atoms with Crippen molar-refractivity contribution in [2.24, 2.45) is 11.7 Å². The lowest BCUT2D eigenvalue weighted by molar-refractivity contribution is 0.0948. The van der Waals surface area contributed by atoms with E-state index < -0.39 is 0 Å². The summed E-state index contributed by atoms with van der Waals surface area (Å²) in [7, 11) is 3.09. The van der Waals surface area contributed by atoms with Crippen LogP contribution in [0.25, 0.3) is 0 Å². The molecule has 0 bridgehead atoms. The van der Waals surface area contributed by atoms with Crippen LogP contribution in [0.4, 0.5) is 0 Å². The fraction of sp³-hybridized carbons (Fsp3) is 0.462. The van der Waals surface area contributed by atoms with Crippen molar-refractivity contribution in [2.45, 2.75) is 6.92 Å². The van der Waals surface area contributed by atoms with Crippen molar-refractivity contribution in [3.05, 3.63) is 23.8 Å². The molecule has 1 unspecified atom stereocenters. The first-order valence-corrected chi connectivity index (χ1v) is 5.82. The van der Waals surface area contributed by atoms with E-state index in [0.717, 1.165) is 0 Å². The average molecular weight is 252 g/mol. The number of carbonyl (C=O) groups excluding carboxylic acids is 1. The highest BCUT2D eigenvalue weighted by atomic mass is 16.5. The molecule has 1 rings (SSSR count). The summed E-state index contributed by atoms with van der Waals surface area (Å²) in [6.45, 7) is 3.09. The number of nitrogens with one attached hydrogen (secondary N) is 1. The normalized spacial score (nSPS) is 11.8. The van der Waals surface area contributed by atoms with Crippen molar-refractivity contribution in [1.82, 2.24) is 5.32 Å². The van der Waals surface area contributed by atoms with Crippen LogP contribution in [0.5, 0.6) is 11.5 Å². The zero-order valence-electron chi connectivity index (χ0n) is 11.0. The number of hydrogen-bond donors (Lipinski definition) is 2. The third-order valence-electron chi connectivity index (χ3n) is 2.66. The van der Waals surface area contributed by atoms with Gasteiger partial charge >= 0.3 is 0 Å². The maximum atomic E-state index is 11.9. The first kappa shape index (κ1) is 14.3. The van der Waals surface area contributed by atoms with E-state index >= 15 is 0 Å². The van der Waals surface area contributed by atoms with Crippen molar-refractivity contribution < 1.29 is 14.3 Å². The zero-order chi connectivity index (χ0) is 13.5. The molecule has 0 saturated heterocycles. The summed E-state index contributed by atoms with van der Waals surface area (Å²) in [6.07, 6.45) is 0. The Balaban J connectivity index is 2.74. The van der Waals surface area contributed by atoms with E-state index in [4.69, 9.17) is 15.2 Å². The Morgan fingerprint density at radius 2 is 2.00 bits per heavy atom. The van der Waals surface area contributed by atoms with Gasteiger partial charge in [0.15, 0.2) is 11.5 Å². The molecule has 100 valence electrons. The minimum Gasteiger partial charge on any atom is -0.493 e. The minimum atomic E-state index is -0.142. The molecule has 0 spiro atoms. The summed E-state index contributed by atoms with van der Waals surface area (Å²) < 4.78 is 10.3. The maximum Gasteiger partial charge on any atom is 0.251 e. The van der Waals surface area contributed by atoms with Crippen molar-refractivity contribution in [3.63, 3.8) is 0 Å². The molecular formula is C13H20N2O3. The van der Waals surface area contributed by atoms with E-state index in [0.29, 0.717) is 30.2 Å². The Labute approximate surface area is 107 Å². The van der Waals surface area contributed by atoms with Crippen molar-refractivity contribution in [3.8, 4) is 11.5 Å². The van der Waals surface area contributed by atoms with Gasteiger partial charge in [0.1, 0.15) is 0 Å². The van der Waals surface area contributed by atoms with Crippen LogP contribution >= 0.6 is 0 Å². The average Bonchev–Trinajstić information content (AvgIpc) is 2.43. The summed E-state index contributed by atoms with van der Waals surface area (Å²) in [5.41, 5.74) is 6.03. The summed E-state index contributed by atoms with van der Waals surface area (Å²) in [5.74, 6) is 1.26. The van der Waals surface area contributed by atoms with E-state index in [1.54, 1.807) is 25.3 Å². The maximum absolute atomic E-state index is 11.9. The van der Waals surface area contributed by atoms with Gasteiger partial charge in [0.25, 0.3) is 5.91 Å². The smallest absolute Gasteiger partial charge is 0.251 e. The molecule has 0 aliphatic carbocycles. The van der Waals surface area contributed by atoms with Gasteiger partial charge < -0.3 is 20.5 Å². The second-order valence-electron chi connectivity index (χ2n) is 4.12. The number of ether oxygens (including phenoxy) is 2. The van der Waals surface area contributed by atoms with Gasteiger partial charge in [-0.15, -0.1) is 0 Å². The van der Waals surface area contributed by atoms with Crippen LogP contribution in [0, 0.1) is 5.92 Å². The van der Waals surface area contributed by atoms with Crippen molar-refractivity contribution in [1.29, 1.82) is 0 Å². The van der Waals surface area contributed by atoms with Gasteiger partial charge in [0.2, 0.25) is 0 Å². The SMILES string of the molecule is COc1ccc(C(=O)NCC(C)CN)cc1OC. The van der Waals surface area contributed by atoms with Gasteiger partial charge in [-0.2, -0.15) is 0 Å². The number of benzene rings is 1. The Hall–Kier alpha value is -1.75. The number of nitrogens with two attached hydrogens (primary N) is 1. The standard InChI is InChI=1S/C13H20N2O3/c1-9(7-14)8-15-13(16)10-4-5-11(17-2)12(6-10)18-3/h4-6,9H,7-8,14H2,1-3H3,(H,15,16). The molecule has 0 heterocycles. The van der Waals surface area contributed by atoms with Crippen LogP contribution in [0.2, 0.25) is 0 Å². The molecule has 0 radical (unpaired) electrons. The van der Waals surface area contributed by atoms with E-state index in [1.165, 1.54) is 7.11 Å². The molecular weight excluding hydrogens is 232 g/mol. The highest BCUT2D eigenvalue weighted by Crippen LogP contribution is 2.27. The molecule has 5 nitrogen and oxygen atoms in total. The van der Waals surface area contributed by atoms with Gasteiger partial charge in [-0.3, -0.25) is 4.79 Å². The summed E-state index contributed by atoms with van der Waals surface area (Å²) in [4.78, 5) is 11.9. The van der Waals surface area contributed by atoms with Crippen LogP contribution in [0.1, 0.15) is 17.3 Å². The van der Waals surface area contributed by atoms with Crippen LogP contribution in [0.3, 0.4) is 0 Å². The summed E-state index contributed by atoms with van der Waals surface area (Å²) >= 11 is 0. The second-order valence-corrected chi connectivity index (χ2v) is 4.12. The fourth-order valence-electron chi connectivity index (χ4n) is 1.43. The van der Waals surface area contributed by atoms with Crippen molar-refractivity contribution in [2.75, 3.05) is 27.3 Å². The number of hydrogen-bond acceptors (Lipinski definition) is 4. The molecule has 1 amide bonds. The molecule has 0 aliphatic rings. The number of methoxy groups -OCH3 is 2. The quantitative estimate of drug-likeness (QED) is 0.793. The fourth-order valence-corrected chi connectivity index (χ4v) is 1.43. The van der Waals surface area contributed by atoms with E-state index in [9.17, 15) is 4.79 Å². The van der Waals surface area contributed by atoms with Crippen LogP contribution in [0.15, 0.2) is 18.2 Å². The molecule has 0 aliphatic heterocycles. The van der Waals surface area contributed by atoms with Crippen LogP contribution < -0.4 is 20.5 Å². The van der Waals surface area contributed by atoms with Crippen molar-refractivity contribution >= 4 is 5.91 Å². The first-order valence-electron chi connectivity index (χ1n) is 5.82. The molecule has 1 aromatic carbocycles. The molecule has 0 fully saturated rings. The molecule has 3 N–H and O–H groups in total. The van der Waals surface area contributed by atoms with Gasteiger partial charge in [-0.05, 0) is 30.7 Å². The van der Waals surface area contributed by atoms with Gasteiger partial charge in [0, 0.05) is 12.1 Å².